The molecule has 0 radical (unpaired) electrons. The van der Waals surface area contributed by atoms with Crippen LogP contribution < -0.4 is 14.2 Å². The Balaban J connectivity index is 1.81. The Bertz CT molecular complexity index is 970. The lowest BCUT2D eigenvalue weighted by Gasteiger charge is -2.12. The average molecular weight is 411 g/mol. The van der Waals surface area contributed by atoms with E-state index in [1.807, 2.05) is 36.4 Å². The Morgan fingerprint density at radius 3 is 2.31 bits per heavy atom. The summed E-state index contributed by atoms with van der Waals surface area (Å²) in [5, 5.41) is 0.687. The number of benzene rings is 2. The first-order valence-electron chi connectivity index (χ1n) is 9.49. The first kappa shape index (κ1) is 21.0. The molecule has 0 unspecified atom stereocenters. The topological polar surface area (TPSA) is 53.5 Å². The molecule has 3 aromatic rings. The highest BCUT2D eigenvalue weighted by molar-refractivity contribution is 7.98. The van der Waals surface area contributed by atoms with Gasteiger partial charge in [-0.25, -0.2) is 4.98 Å². The second-order valence-electron chi connectivity index (χ2n) is 6.64. The molecular weight excluding hydrogens is 384 g/mol. The van der Waals surface area contributed by atoms with Crippen LogP contribution in [-0.4, -0.2) is 24.2 Å². The van der Waals surface area contributed by atoms with E-state index in [0.717, 1.165) is 40.5 Å². The van der Waals surface area contributed by atoms with Crippen LogP contribution >= 0.6 is 11.8 Å². The zero-order valence-electron chi connectivity index (χ0n) is 17.5. The molecule has 0 atom stereocenters. The Hall–Kier alpha value is -2.73. The van der Waals surface area contributed by atoms with Crippen LogP contribution in [-0.2, 0) is 12.2 Å². The summed E-state index contributed by atoms with van der Waals surface area (Å²) >= 11 is 1.56. The molecular formula is C23H26N2O3S. The molecule has 6 heteroatoms. The molecule has 1 aromatic heterocycles. The van der Waals surface area contributed by atoms with E-state index in [4.69, 9.17) is 14.2 Å². The number of nitrogens with zero attached hydrogens (tertiary/aromatic N) is 2. The van der Waals surface area contributed by atoms with Crippen molar-refractivity contribution >= 4 is 11.8 Å². The minimum atomic E-state index is 0.566. The van der Waals surface area contributed by atoms with Crippen molar-refractivity contribution < 1.29 is 14.2 Å². The Morgan fingerprint density at radius 1 is 0.931 bits per heavy atom. The largest absolute Gasteiger partial charge is 0.497 e. The third kappa shape index (κ3) is 5.41. The van der Waals surface area contributed by atoms with Crippen LogP contribution in [0.3, 0.4) is 0 Å². The number of aromatic nitrogens is 2. The summed E-state index contributed by atoms with van der Waals surface area (Å²) in [5.74, 6) is 3.61. The molecule has 0 aliphatic carbocycles. The molecule has 0 aliphatic heterocycles. The number of ether oxygens (including phenoxy) is 3. The van der Waals surface area contributed by atoms with Crippen molar-refractivity contribution in [3.05, 3.63) is 64.8 Å². The molecule has 2 aromatic carbocycles. The van der Waals surface area contributed by atoms with Crippen molar-refractivity contribution in [2.45, 2.75) is 38.1 Å². The molecule has 5 nitrogen and oxygen atoms in total. The van der Waals surface area contributed by atoms with E-state index in [0.29, 0.717) is 16.8 Å². The number of hydrogen-bond donors (Lipinski definition) is 0. The van der Waals surface area contributed by atoms with Gasteiger partial charge >= 0.3 is 0 Å². The molecule has 0 saturated heterocycles. The maximum atomic E-state index is 6.09. The summed E-state index contributed by atoms with van der Waals surface area (Å²) in [5.41, 5.74) is 4.33. The van der Waals surface area contributed by atoms with Crippen molar-refractivity contribution in [1.29, 1.82) is 0 Å². The van der Waals surface area contributed by atoms with Gasteiger partial charge in [-0.1, -0.05) is 30.8 Å². The molecule has 0 N–H and O–H groups in total. The van der Waals surface area contributed by atoms with Crippen molar-refractivity contribution in [3.63, 3.8) is 0 Å². The lowest BCUT2D eigenvalue weighted by molar-refractivity contribution is 0.393. The van der Waals surface area contributed by atoms with Gasteiger partial charge in [0, 0.05) is 23.6 Å². The zero-order chi connectivity index (χ0) is 20.8. The van der Waals surface area contributed by atoms with Crippen LogP contribution in [0.15, 0.2) is 47.6 Å². The molecule has 1 heterocycles. The van der Waals surface area contributed by atoms with E-state index < -0.39 is 0 Å². The van der Waals surface area contributed by atoms with Crippen LogP contribution in [0.2, 0.25) is 0 Å². The summed E-state index contributed by atoms with van der Waals surface area (Å²) in [6.07, 6.45) is 0.812. The van der Waals surface area contributed by atoms with Crippen LogP contribution in [0.25, 0.3) is 0 Å². The third-order valence-electron chi connectivity index (χ3n) is 4.65. The molecule has 152 valence electrons. The molecule has 0 bridgehead atoms. The predicted octanol–water partition coefficient (Wildman–Crippen LogP) is 5.76. The quantitative estimate of drug-likeness (QED) is 0.348. The van der Waals surface area contributed by atoms with Crippen LogP contribution in [0.5, 0.6) is 23.1 Å². The van der Waals surface area contributed by atoms with E-state index in [-0.39, 0.29) is 0 Å². The molecule has 0 amide bonds. The third-order valence-corrected chi connectivity index (χ3v) is 5.56. The minimum absolute atomic E-state index is 0.566. The van der Waals surface area contributed by atoms with Gasteiger partial charge in [0.25, 0.3) is 0 Å². The average Bonchev–Trinajstić information content (AvgIpc) is 2.75. The summed E-state index contributed by atoms with van der Waals surface area (Å²) in [7, 11) is 3.30. The van der Waals surface area contributed by atoms with Crippen LogP contribution in [0.1, 0.15) is 29.3 Å². The molecule has 29 heavy (non-hydrogen) atoms. The maximum absolute atomic E-state index is 6.09. The normalized spacial score (nSPS) is 10.7. The van der Waals surface area contributed by atoms with Crippen molar-refractivity contribution in [2.24, 2.45) is 0 Å². The fraction of sp³-hybridized carbons (Fsp3) is 0.304. The standard InChI is InChI=1S/C23H26N2O3S/c1-6-18-12-22(28-21-9-7-8-15(2)16(21)3)25-23(24-18)29-14-17-10-19(26-4)13-20(11-17)27-5/h7-13H,6,14H2,1-5H3. The van der Waals surface area contributed by atoms with Gasteiger partial charge in [0.15, 0.2) is 5.16 Å². The Kier molecular flexibility index (Phi) is 6.99. The van der Waals surface area contributed by atoms with Crippen LogP contribution in [0, 0.1) is 13.8 Å². The minimum Gasteiger partial charge on any atom is -0.497 e. The van der Waals surface area contributed by atoms with E-state index in [9.17, 15) is 0 Å². The van der Waals surface area contributed by atoms with E-state index >= 15 is 0 Å². The first-order chi connectivity index (χ1) is 14.0. The smallest absolute Gasteiger partial charge is 0.223 e. The second kappa shape index (κ2) is 9.65. The lowest BCUT2D eigenvalue weighted by atomic mass is 10.1. The number of aryl methyl sites for hydroxylation is 2. The highest BCUT2D eigenvalue weighted by Crippen LogP contribution is 2.30. The van der Waals surface area contributed by atoms with Gasteiger partial charge in [0.1, 0.15) is 17.2 Å². The zero-order valence-corrected chi connectivity index (χ0v) is 18.3. The fourth-order valence-electron chi connectivity index (χ4n) is 2.79. The fourth-order valence-corrected chi connectivity index (χ4v) is 3.59. The molecule has 0 saturated carbocycles. The summed E-state index contributed by atoms with van der Waals surface area (Å²) in [4.78, 5) is 9.26. The molecule has 3 rings (SSSR count). The molecule has 0 fully saturated rings. The number of thioether (sulfide) groups is 1. The number of rotatable bonds is 8. The summed E-state index contributed by atoms with van der Waals surface area (Å²) in [6, 6.07) is 13.8. The monoisotopic (exact) mass is 410 g/mol. The van der Waals surface area contributed by atoms with Gasteiger partial charge < -0.3 is 14.2 Å². The van der Waals surface area contributed by atoms with Gasteiger partial charge in [0.05, 0.1) is 14.2 Å². The van der Waals surface area contributed by atoms with E-state index in [2.05, 4.69) is 36.8 Å². The van der Waals surface area contributed by atoms with Crippen LogP contribution in [0.4, 0.5) is 0 Å². The molecule has 0 aliphatic rings. The predicted molar refractivity (Wildman–Crippen MR) is 117 cm³/mol. The maximum Gasteiger partial charge on any atom is 0.223 e. The first-order valence-corrected chi connectivity index (χ1v) is 10.5. The lowest BCUT2D eigenvalue weighted by Crippen LogP contribution is -1.99. The van der Waals surface area contributed by atoms with Gasteiger partial charge in [-0.15, -0.1) is 0 Å². The Labute approximate surface area is 176 Å². The van der Waals surface area contributed by atoms with E-state index in [1.165, 1.54) is 5.56 Å². The van der Waals surface area contributed by atoms with Gasteiger partial charge in [0.2, 0.25) is 5.88 Å². The number of hydrogen-bond acceptors (Lipinski definition) is 6. The van der Waals surface area contributed by atoms with Crippen molar-refractivity contribution in [3.8, 4) is 23.1 Å². The van der Waals surface area contributed by atoms with Gasteiger partial charge in [-0.3, -0.25) is 0 Å². The SMILES string of the molecule is CCc1cc(Oc2cccc(C)c2C)nc(SCc2cc(OC)cc(OC)c2)n1. The summed E-state index contributed by atoms with van der Waals surface area (Å²) < 4.78 is 16.8. The summed E-state index contributed by atoms with van der Waals surface area (Å²) in [6.45, 7) is 6.20. The second-order valence-corrected chi connectivity index (χ2v) is 7.59. The van der Waals surface area contributed by atoms with Gasteiger partial charge in [-0.05, 0) is 55.2 Å². The number of methoxy groups -OCH3 is 2. The van der Waals surface area contributed by atoms with Crippen molar-refractivity contribution in [1.82, 2.24) is 9.97 Å². The van der Waals surface area contributed by atoms with Crippen molar-refractivity contribution in [2.75, 3.05) is 14.2 Å². The Morgan fingerprint density at radius 2 is 1.66 bits per heavy atom. The molecule has 0 spiro atoms. The highest BCUT2D eigenvalue weighted by atomic mass is 32.2. The van der Waals surface area contributed by atoms with Gasteiger partial charge in [-0.2, -0.15) is 4.98 Å². The van der Waals surface area contributed by atoms with E-state index in [1.54, 1.807) is 26.0 Å². The highest BCUT2D eigenvalue weighted by Gasteiger charge is 2.10.